The van der Waals surface area contributed by atoms with Crippen molar-refractivity contribution in [1.82, 2.24) is 0 Å². The molecule has 0 saturated heterocycles. The minimum atomic E-state index is -0.405. The monoisotopic (exact) mass is 163 g/mol. The topological polar surface area (TPSA) is 63.6 Å². The van der Waals surface area contributed by atoms with Gasteiger partial charge in [0.25, 0.3) is 0 Å². The fourth-order valence-corrected chi connectivity index (χ4v) is 0.855. The summed E-state index contributed by atoms with van der Waals surface area (Å²) in [5, 5.41) is 0. The molecule has 0 heterocycles. The number of hydrogen-bond donors (Lipinski definition) is 0. The zero-order valence-electron chi connectivity index (χ0n) is 6.33. The molecule has 0 bridgehead atoms. The SMILES string of the molecule is CC1=CC(=O)C=C(N=C=O)C1=O. The van der Waals surface area contributed by atoms with Gasteiger partial charge in [-0.1, -0.05) is 0 Å². The van der Waals surface area contributed by atoms with Gasteiger partial charge in [0.2, 0.25) is 11.9 Å². The lowest BCUT2D eigenvalue weighted by atomic mass is 10.0. The highest BCUT2D eigenvalue weighted by molar-refractivity contribution is 6.20. The van der Waals surface area contributed by atoms with Crippen LogP contribution in [0, 0.1) is 0 Å². The largest absolute Gasteiger partial charge is 0.290 e. The lowest BCUT2D eigenvalue weighted by Crippen LogP contribution is -2.10. The van der Waals surface area contributed by atoms with E-state index in [2.05, 4.69) is 4.99 Å². The first-order valence-electron chi connectivity index (χ1n) is 3.21. The van der Waals surface area contributed by atoms with Crippen LogP contribution in [0.1, 0.15) is 6.92 Å². The Bertz CT molecular complexity index is 356. The van der Waals surface area contributed by atoms with Gasteiger partial charge in [-0.3, -0.25) is 9.59 Å². The number of allylic oxidation sites excluding steroid dienone is 3. The van der Waals surface area contributed by atoms with Gasteiger partial charge in [0.1, 0.15) is 5.70 Å². The summed E-state index contributed by atoms with van der Waals surface area (Å²) in [5.74, 6) is -0.737. The van der Waals surface area contributed by atoms with Crippen LogP contribution in [0.5, 0.6) is 0 Å². The Kier molecular flexibility index (Phi) is 2.12. The fourth-order valence-electron chi connectivity index (χ4n) is 0.855. The number of carbonyl (C=O) groups excluding carboxylic acids is 3. The molecule has 0 saturated carbocycles. The molecule has 1 rings (SSSR count). The molecule has 12 heavy (non-hydrogen) atoms. The lowest BCUT2D eigenvalue weighted by molar-refractivity contribution is -0.115. The van der Waals surface area contributed by atoms with Gasteiger partial charge < -0.3 is 0 Å². The number of Topliss-reactive ketones (excluding diaryl/α,β-unsaturated/α-hetero) is 1. The molecule has 60 valence electrons. The molecular formula is C8H5NO3. The van der Waals surface area contributed by atoms with E-state index in [9.17, 15) is 14.4 Å². The summed E-state index contributed by atoms with van der Waals surface area (Å²) in [6.07, 6.45) is 3.43. The van der Waals surface area contributed by atoms with Crippen molar-refractivity contribution < 1.29 is 14.4 Å². The summed E-state index contributed by atoms with van der Waals surface area (Å²) in [6, 6.07) is 0. The van der Waals surface area contributed by atoms with Crippen molar-refractivity contribution >= 4 is 17.6 Å². The summed E-state index contributed by atoms with van der Waals surface area (Å²) in [5.41, 5.74) is 0.145. The van der Waals surface area contributed by atoms with Crippen LogP contribution in [0.4, 0.5) is 0 Å². The van der Waals surface area contributed by atoms with E-state index in [1.54, 1.807) is 0 Å². The molecule has 0 aromatic heterocycles. The molecule has 0 atom stereocenters. The quantitative estimate of drug-likeness (QED) is 0.317. The van der Waals surface area contributed by atoms with Crippen molar-refractivity contribution in [3.8, 4) is 0 Å². The first-order chi connectivity index (χ1) is 5.65. The van der Waals surface area contributed by atoms with E-state index in [0.717, 1.165) is 6.08 Å². The van der Waals surface area contributed by atoms with Crippen molar-refractivity contribution in [2.24, 2.45) is 4.99 Å². The van der Waals surface area contributed by atoms with Gasteiger partial charge in [-0.25, -0.2) is 4.79 Å². The summed E-state index contributed by atoms with van der Waals surface area (Å²) >= 11 is 0. The van der Waals surface area contributed by atoms with Gasteiger partial charge in [-0.05, 0) is 13.0 Å². The Hall–Kier alpha value is -1.80. The van der Waals surface area contributed by atoms with Crippen LogP contribution in [0.3, 0.4) is 0 Å². The Morgan fingerprint density at radius 2 is 2.00 bits per heavy atom. The first-order valence-corrected chi connectivity index (χ1v) is 3.21. The number of aliphatic imine (C=N–C) groups is 1. The van der Waals surface area contributed by atoms with E-state index >= 15 is 0 Å². The highest BCUT2D eigenvalue weighted by atomic mass is 16.1. The second-order valence-electron chi connectivity index (χ2n) is 2.29. The molecule has 0 fully saturated rings. The number of carbonyl (C=O) groups is 2. The van der Waals surface area contributed by atoms with Gasteiger partial charge >= 0.3 is 0 Å². The zero-order chi connectivity index (χ0) is 9.14. The maximum atomic E-state index is 11.1. The van der Waals surface area contributed by atoms with Gasteiger partial charge in [-0.2, -0.15) is 4.99 Å². The summed E-state index contributed by atoms with van der Waals surface area (Å²) < 4.78 is 0. The Morgan fingerprint density at radius 3 is 2.58 bits per heavy atom. The predicted octanol–water partition coefficient (Wildman–Crippen LogP) is 0.304. The molecule has 0 aromatic carbocycles. The molecule has 0 aromatic rings. The van der Waals surface area contributed by atoms with Gasteiger partial charge in [-0.15, -0.1) is 0 Å². The lowest BCUT2D eigenvalue weighted by Gasteiger charge is -2.03. The number of rotatable bonds is 1. The highest BCUT2D eigenvalue weighted by Gasteiger charge is 2.17. The molecule has 0 spiro atoms. The van der Waals surface area contributed by atoms with Crippen molar-refractivity contribution in [2.45, 2.75) is 6.92 Å². The molecule has 0 radical (unpaired) electrons. The van der Waals surface area contributed by atoms with E-state index < -0.39 is 5.78 Å². The minimum Gasteiger partial charge on any atom is -0.290 e. The molecule has 0 unspecified atom stereocenters. The third kappa shape index (κ3) is 1.44. The summed E-state index contributed by atoms with van der Waals surface area (Å²) in [4.78, 5) is 34.8. The third-order valence-corrected chi connectivity index (χ3v) is 1.39. The average molecular weight is 163 g/mol. The molecule has 1 aliphatic rings. The van der Waals surface area contributed by atoms with Crippen LogP contribution >= 0.6 is 0 Å². The molecule has 4 nitrogen and oxygen atoms in total. The fraction of sp³-hybridized carbons (Fsp3) is 0.125. The maximum Gasteiger partial charge on any atom is 0.240 e. The van der Waals surface area contributed by atoms with E-state index in [1.165, 1.54) is 19.1 Å². The van der Waals surface area contributed by atoms with E-state index in [0.29, 0.717) is 0 Å². The van der Waals surface area contributed by atoms with Crippen molar-refractivity contribution in [1.29, 1.82) is 0 Å². The molecule has 0 aliphatic heterocycles. The van der Waals surface area contributed by atoms with Crippen molar-refractivity contribution in [3.63, 3.8) is 0 Å². The van der Waals surface area contributed by atoms with Crippen LogP contribution in [-0.4, -0.2) is 17.6 Å². The van der Waals surface area contributed by atoms with Crippen molar-refractivity contribution in [3.05, 3.63) is 23.4 Å². The van der Waals surface area contributed by atoms with Crippen LogP contribution < -0.4 is 0 Å². The number of ketones is 2. The molecule has 4 heteroatoms. The third-order valence-electron chi connectivity index (χ3n) is 1.39. The zero-order valence-corrected chi connectivity index (χ0v) is 6.33. The highest BCUT2D eigenvalue weighted by Crippen LogP contribution is 2.12. The Balaban J connectivity index is 3.11. The molecule has 1 aliphatic carbocycles. The second-order valence-corrected chi connectivity index (χ2v) is 2.29. The van der Waals surface area contributed by atoms with E-state index in [4.69, 9.17) is 0 Å². The predicted molar refractivity (Wildman–Crippen MR) is 40.0 cm³/mol. The normalized spacial score (nSPS) is 16.4. The van der Waals surface area contributed by atoms with Gasteiger partial charge in [0.15, 0.2) is 5.78 Å². The van der Waals surface area contributed by atoms with E-state index in [-0.39, 0.29) is 17.1 Å². The van der Waals surface area contributed by atoms with Crippen LogP contribution in [0.25, 0.3) is 0 Å². The maximum absolute atomic E-state index is 11.1. The first kappa shape index (κ1) is 8.30. The van der Waals surface area contributed by atoms with Crippen LogP contribution in [0.15, 0.2) is 28.4 Å². The average Bonchev–Trinajstić information content (AvgIpc) is 2.00. The smallest absolute Gasteiger partial charge is 0.240 e. The summed E-state index contributed by atoms with van der Waals surface area (Å²) in [6.45, 7) is 1.49. The Labute approximate surface area is 68.3 Å². The van der Waals surface area contributed by atoms with Crippen LogP contribution in [-0.2, 0) is 14.4 Å². The number of hydrogen-bond acceptors (Lipinski definition) is 4. The number of nitrogens with zero attached hydrogens (tertiary/aromatic N) is 1. The van der Waals surface area contributed by atoms with Crippen molar-refractivity contribution in [2.75, 3.05) is 0 Å². The minimum absolute atomic E-state index is 0.144. The van der Waals surface area contributed by atoms with E-state index in [1.807, 2.05) is 0 Å². The second kappa shape index (κ2) is 3.07. The molecule has 0 amide bonds. The van der Waals surface area contributed by atoms with Gasteiger partial charge in [0.05, 0.1) is 0 Å². The van der Waals surface area contributed by atoms with Crippen LogP contribution in [0.2, 0.25) is 0 Å². The Morgan fingerprint density at radius 1 is 1.33 bits per heavy atom. The number of isocyanates is 1. The molecular weight excluding hydrogens is 158 g/mol. The standard InChI is InChI=1S/C8H5NO3/c1-5-2-6(11)3-7(8(5)12)9-4-10/h2-3H,1H3. The molecule has 0 N–H and O–H groups in total. The van der Waals surface area contributed by atoms with Gasteiger partial charge in [0, 0.05) is 11.6 Å². The summed E-state index contributed by atoms with van der Waals surface area (Å²) in [7, 11) is 0.